The monoisotopic (exact) mass is 338 g/mol. The molecule has 1 saturated carbocycles. The number of cyclic esters (lactones) is 1. The molecule has 0 aromatic heterocycles. The maximum absolute atomic E-state index is 12.2. The van der Waals surface area contributed by atoms with Crippen molar-refractivity contribution in [2.24, 2.45) is 11.8 Å². The van der Waals surface area contributed by atoms with Gasteiger partial charge in [-0.1, -0.05) is 19.9 Å². The van der Waals surface area contributed by atoms with Crippen LogP contribution >= 0.6 is 0 Å². The molecule has 4 unspecified atom stereocenters. The second kappa shape index (κ2) is 7.36. The Morgan fingerprint density at radius 2 is 2.04 bits per heavy atom. The normalized spacial score (nSPS) is 32.3. The van der Waals surface area contributed by atoms with Crippen LogP contribution in [0.3, 0.4) is 0 Å². The molecule has 0 N–H and O–H groups in total. The Balaban J connectivity index is 2.08. The van der Waals surface area contributed by atoms with Gasteiger partial charge >= 0.3 is 17.9 Å². The third-order valence-electron chi connectivity index (χ3n) is 4.78. The van der Waals surface area contributed by atoms with E-state index in [0.29, 0.717) is 25.2 Å². The third-order valence-corrected chi connectivity index (χ3v) is 4.78. The van der Waals surface area contributed by atoms with E-state index >= 15 is 0 Å². The van der Waals surface area contributed by atoms with Gasteiger partial charge in [0.05, 0.1) is 5.92 Å². The molecule has 0 spiro atoms. The van der Waals surface area contributed by atoms with E-state index in [1.54, 1.807) is 0 Å². The van der Waals surface area contributed by atoms with Crippen LogP contribution in [0.2, 0.25) is 0 Å². The average Bonchev–Trinajstić information content (AvgIpc) is 2.58. The smallest absolute Gasteiger partial charge is 0.344 e. The molecule has 2 fully saturated rings. The van der Waals surface area contributed by atoms with Crippen molar-refractivity contribution in [3.05, 3.63) is 12.2 Å². The van der Waals surface area contributed by atoms with Crippen LogP contribution in [0.25, 0.3) is 0 Å². The van der Waals surface area contributed by atoms with Crippen LogP contribution in [-0.2, 0) is 28.6 Å². The molecule has 2 rings (SSSR count). The summed E-state index contributed by atoms with van der Waals surface area (Å²) in [4.78, 5) is 35.8. The zero-order valence-electron chi connectivity index (χ0n) is 14.6. The molecule has 24 heavy (non-hydrogen) atoms. The molecule has 6 nitrogen and oxygen atoms in total. The Bertz CT molecular complexity index is 540. The first-order chi connectivity index (χ1) is 11.2. The van der Waals surface area contributed by atoms with Crippen LogP contribution < -0.4 is 0 Å². The average molecular weight is 338 g/mol. The van der Waals surface area contributed by atoms with Gasteiger partial charge in [-0.25, -0.2) is 9.59 Å². The minimum Gasteiger partial charge on any atom is -0.462 e. The fourth-order valence-corrected chi connectivity index (χ4v) is 3.79. The molecule has 0 radical (unpaired) electrons. The van der Waals surface area contributed by atoms with Crippen LogP contribution in [-0.4, -0.2) is 36.2 Å². The van der Waals surface area contributed by atoms with Crippen molar-refractivity contribution in [2.45, 2.75) is 64.6 Å². The van der Waals surface area contributed by atoms with Gasteiger partial charge in [0.25, 0.3) is 0 Å². The van der Waals surface area contributed by atoms with Gasteiger partial charge in [-0.2, -0.15) is 0 Å². The summed E-state index contributed by atoms with van der Waals surface area (Å²) in [5, 5.41) is 0. The van der Waals surface area contributed by atoms with Crippen molar-refractivity contribution in [1.82, 2.24) is 0 Å². The quantitative estimate of drug-likeness (QED) is 0.435. The molecular formula is C18H26O6. The highest BCUT2D eigenvalue weighted by atomic mass is 16.6. The zero-order chi connectivity index (χ0) is 17.9. The summed E-state index contributed by atoms with van der Waals surface area (Å²) in [5.74, 6) is -1.34. The van der Waals surface area contributed by atoms with Crippen molar-refractivity contribution in [3.63, 3.8) is 0 Å². The van der Waals surface area contributed by atoms with Crippen molar-refractivity contribution >= 4 is 17.9 Å². The van der Waals surface area contributed by atoms with Gasteiger partial charge in [-0.3, -0.25) is 4.79 Å². The number of hydrogen-bond acceptors (Lipinski definition) is 6. The van der Waals surface area contributed by atoms with Crippen LogP contribution in [0.4, 0.5) is 0 Å². The maximum atomic E-state index is 12.2. The van der Waals surface area contributed by atoms with Gasteiger partial charge < -0.3 is 14.2 Å². The predicted molar refractivity (Wildman–Crippen MR) is 85.9 cm³/mol. The fourth-order valence-electron chi connectivity index (χ4n) is 3.79. The second-order valence-electron chi connectivity index (χ2n) is 7.08. The van der Waals surface area contributed by atoms with E-state index in [-0.39, 0.29) is 23.6 Å². The molecule has 134 valence electrons. The molecule has 6 heteroatoms. The second-order valence-corrected chi connectivity index (χ2v) is 7.08. The lowest BCUT2D eigenvalue weighted by Crippen LogP contribution is -2.45. The summed E-state index contributed by atoms with van der Waals surface area (Å²) in [5.41, 5.74) is -0.492. The molecule has 2 bridgehead atoms. The van der Waals surface area contributed by atoms with Gasteiger partial charge in [-0.15, -0.1) is 0 Å². The van der Waals surface area contributed by atoms with E-state index in [0.717, 1.165) is 12.8 Å². The van der Waals surface area contributed by atoms with E-state index in [4.69, 9.17) is 14.2 Å². The van der Waals surface area contributed by atoms with Gasteiger partial charge in [0.1, 0.15) is 11.7 Å². The summed E-state index contributed by atoms with van der Waals surface area (Å²) in [6.07, 6.45) is 3.05. The summed E-state index contributed by atoms with van der Waals surface area (Å²) in [6, 6.07) is 0. The van der Waals surface area contributed by atoms with Crippen molar-refractivity contribution < 1.29 is 28.6 Å². The van der Waals surface area contributed by atoms with E-state index in [2.05, 4.69) is 13.5 Å². The first-order valence-corrected chi connectivity index (χ1v) is 8.49. The molecule has 1 heterocycles. The van der Waals surface area contributed by atoms with Crippen LogP contribution in [0.1, 0.15) is 52.9 Å². The number of carbonyl (C=O) groups is 3. The van der Waals surface area contributed by atoms with Gasteiger partial charge in [0, 0.05) is 18.4 Å². The fraction of sp³-hybridized carbons (Fsp3) is 0.722. The van der Waals surface area contributed by atoms with E-state index in [1.165, 1.54) is 6.92 Å². The minimum atomic E-state index is -0.720. The Kier molecular flexibility index (Phi) is 5.67. The van der Waals surface area contributed by atoms with Gasteiger partial charge in [-0.05, 0) is 32.6 Å². The lowest BCUT2D eigenvalue weighted by atomic mass is 9.70. The molecule has 0 aromatic carbocycles. The topological polar surface area (TPSA) is 78.9 Å². The Morgan fingerprint density at radius 1 is 1.33 bits per heavy atom. The largest absolute Gasteiger partial charge is 0.462 e. The number of ether oxygens (including phenoxy) is 3. The maximum Gasteiger partial charge on any atom is 0.344 e. The number of fused-ring (bicyclic) bond motifs is 2. The molecule has 2 aliphatic rings. The van der Waals surface area contributed by atoms with E-state index in [9.17, 15) is 14.4 Å². The zero-order valence-corrected chi connectivity index (χ0v) is 14.6. The van der Waals surface area contributed by atoms with E-state index in [1.807, 2.05) is 6.92 Å². The highest BCUT2D eigenvalue weighted by Gasteiger charge is 2.49. The first-order valence-electron chi connectivity index (χ1n) is 8.49. The summed E-state index contributed by atoms with van der Waals surface area (Å²) >= 11 is 0. The molecule has 1 aliphatic heterocycles. The molecule has 4 atom stereocenters. The molecule has 0 aromatic rings. The van der Waals surface area contributed by atoms with Crippen molar-refractivity contribution in [1.29, 1.82) is 0 Å². The lowest BCUT2D eigenvalue weighted by molar-refractivity contribution is -0.176. The van der Waals surface area contributed by atoms with Crippen molar-refractivity contribution in [3.8, 4) is 0 Å². The minimum absolute atomic E-state index is 0.202. The van der Waals surface area contributed by atoms with Gasteiger partial charge in [0.2, 0.25) is 0 Å². The highest BCUT2D eigenvalue weighted by Crippen LogP contribution is 2.45. The summed E-state index contributed by atoms with van der Waals surface area (Å²) in [6.45, 7) is 8.42. The SMILES string of the molecule is C=C(C)C(=O)OCC(=O)OC12CC(CC)CC(C1)C(=O)OC(C)C2. The summed E-state index contributed by atoms with van der Waals surface area (Å²) in [7, 11) is 0. The van der Waals surface area contributed by atoms with Crippen LogP contribution in [0.5, 0.6) is 0 Å². The van der Waals surface area contributed by atoms with Crippen LogP contribution in [0.15, 0.2) is 12.2 Å². The Hall–Kier alpha value is -1.85. The Labute approximate surface area is 142 Å². The lowest BCUT2D eigenvalue weighted by Gasteiger charge is -2.41. The number of rotatable bonds is 5. The number of carbonyl (C=O) groups excluding carboxylic acids is 3. The highest BCUT2D eigenvalue weighted by molar-refractivity contribution is 5.88. The van der Waals surface area contributed by atoms with Crippen LogP contribution in [0, 0.1) is 11.8 Å². The predicted octanol–water partition coefficient (Wildman–Crippen LogP) is 2.55. The molecule has 0 amide bonds. The third kappa shape index (κ3) is 4.36. The molecular weight excluding hydrogens is 312 g/mol. The first kappa shape index (κ1) is 18.5. The van der Waals surface area contributed by atoms with Gasteiger partial charge in [0.15, 0.2) is 6.61 Å². The number of hydrogen-bond donors (Lipinski definition) is 0. The molecule has 1 aliphatic carbocycles. The summed E-state index contributed by atoms with van der Waals surface area (Å²) < 4.78 is 16.0. The Morgan fingerprint density at radius 3 is 2.67 bits per heavy atom. The standard InChI is InChI=1S/C18H26O6/c1-5-13-6-14-9-18(8-13,7-12(4)23-17(14)21)24-15(19)10-22-16(20)11(2)3/h12-14H,2,5-10H2,1,3-4H3. The van der Waals surface area contributed by atoms with E-state index < -0.39 is 24.1 Å². The number of esters is 3. The van der Waals surface area contributed by atoms with Crippen molar-refractivity contribution in [2.75, 3.05) is 6.61 Å². The molecule has 1 saturated heterocycles.